The van der Waals surface area contributed by atoms with Gasteiger partial charge < -0.3 is 5.11 Å². The van der Waals surface area contributed by atoms with Crippen molar-refractivity contribution in [2.75, 3.05) is 0 Å². The second-order valence-corrected chi connectivity index (χ2v) is 4.47. The van der Waals surface area contributed by atoms with Crippen molar-refractivity contribution in [2.45, 2.75) is 27.7 Å². The fraction of sp³-hybridized carbons (Fsp3) is 0.600. The van der Waals surface area contributed by atoms with E-state index in [0.29, 0.717) is 0 Å². The molecule has 0 aromatic heterocycles. The fourth-order valence-corrected chi connectivity index (χ4v) is 1.49. The van der Waals surface area contributed by atoms with Gasteiger partial charge >= 0.3 is 0 Å². The average Bonchev–Trinajstić information content (AvgIpc) is 2.00. The summed E-state index contributed by atoms with van der Waals surface area (Å²) in [7, 11) is 0. The highest BCUT2D eigenvalue weighted by molar-refractivity contribution is 6.16. The lowest BCUT2D eigenvalue weighted by molar-refractivity contribution is -0.143. The predicted octanol–water partition coefficient (Wildman–Crippen LogP) is 1.63. The molecule has 3 nitrogen and oxygen atoms in total. The van der Waals surface area contributed by atoms with Crippen molar-refractivity contribution >= 4 is 11.6 Å². The Bertz CT molecular complexity index is 308. The maximum atomic E-state index is 11.8. The molecule has 0 bridgehead atoms. The maximum Gasteiger partial charge on any atom is 0.172 e. The van der Waals surface area contributed by atoms with E-state index < -0.39 is 10.8 Å². The Morgan fingerprint density at radius 2 is 1.54 bits per heavy atom. The van der Waals surface area contributed by atoms with E-state index in [2.05, 4.69) is 0 Å². The highest BCUT2D eigenvalue weighted by Crippen LogP contribution is 2.39. The van der Waals surface area contributed by atoms with Crippen LogP contribution >= 0.6 is 0 Å². The molecule has 0 spiro atoms. The van der Waals surface area contributed by atoms with Crippen molar-refractivity contribution in [1.82, 2.24) is 0 Å². The molecule has 0 saturated heterocycles. The maximum absolute atomic E-state index is 11.8. The van der Waals surface area contributed by atoms with Crippen LogP contribution in [0.1, 0.15) is 27.7 Å². The number of hydrogen-bond acceptors (Lipinski definition) is 3. The zero-order valence-corrected chi connectivity index (χ0v) is 8.34. The second kappa shape index (κ2) is 2.44. The Hall–Kier alpha value is -1.12. The van der Waals surface area contributed by atoms with E-state index in [1.165, 1.54) is 0 Å². The molecule has 0 atom stereocenters. The van der Waals surface area contributed by atoms with E-state index >= 15 is 0 Å². The smallest absolute Gasteiger partial charge is 0.172 e. The summed E-state index contributed by atoms with van der Waals surface area (Å²) in [5.41, 5.74) is -1.94. The Kier molecular flexibility index (Phi) is 1.87. The molecule has 72 valence electrons. The lowest BCUT2D eigenvalue weighted by atomic mass is 9.66. The second-order valence-electron chi connectivity index (χ2n) is 4.47. The summed E-state index contributed by atoms with van der Waals surface area (Å²) in [4.78, 5) is 23.1. The first-order valence-corrected chi connectivity index (χ1v) is 4.21. The van der Waals surface area contributed by atoms with Gasteiger partial charge in [0.2, 0.25) is 0 Å². The van der Waals surface area contributed by atoms with Crippen LogP contribution in [0.25, 0.3) is 0 Å². The fourth-order valence-electron chi connectivity index (χ4n) is 1.49. The first-order chi connectivity index (χ1) is 5.70. The van der Waals surface area contributed by atoms with Gasteiger partial charge in [-0.15, -0.1) is 0 Å². The minimum absolute atomic E-state index is 0.137. The van der Waals surface area contributed by atoms with E-state index in [9.17, 15) is 14.7 Å². The molecule has 0 radical (unpaired) electrons. The third kappa shape index (κ3) is 1.19. The third-order valence-corrected chi connectivity index (χ3v) is 2.66. The molecule has 0 heterocycles. The molecule has 0 aromatic rings. The number of Topliss-reactive ketones (excluding diaryl/α,β-unsaturated/α-hetero) is 1. The number of aliphatic hydroxyl groups excluding tert-OH is 1. The van der Waals surface area contributed by atoms with Gasteiger partial charge in [0, 0.05) is 6.08 Å². The lowest BCUT2D eigenvalue weighted by Crippen LogP contribution is -2.46. The molecule has 1 rings (SSSR count). The minimum atomic E-state index is -1.00. The number of hydrogen-bond donors (Lipinski definition) is 1. The van der Waals surface area contributed by atoms with Gasteiger partial charge in [0.15, 0.2) is 11.6 Å². The Morgan fingerprint density at radius 3 is 2.00 bits per heavy atom. The standard InChI is InChI=1S/C10H14O3/c1-9(2)6(11)5-7(12)10(3,4)8(9)13/h5,11H,1-4H3. The van der Waals surface area contributed by atoms with Crippen molar-refractivity contribution in [3.05, 3.63) is 11.8 Å². The third-order valence-electron chi connectivity index (χ3n) is 2.66. The van der Waals surface area contributed by atoms with Gasteiger partial charge in [-0.05, 0) is 27.7 Å². The van der Waals surface area contributed by atoms with Gasteiger partial charge in [-0.3, -0.25) is 9.59 Å². The SMILES string of the molecule is CC1(C)C(=O)C=C(O)C(C)(C)C1=O. The monoisotopic (exact) mass is 182 g/mol. The first-order valence-electron chi connectivity index (χ1n) is 4.21. The summed E-state index contributed by atoms with van der Waals surface area (Å²) < 4.78 is 0. The summed E-state index contributed by atoms with van der Waals surface area (Å²) in [6.45, 7) is 6.41. The van der Waals surface area contributed by atoms with Gasteiger partial charge in [-0.2, -0.15) is 0 Å². The summed E-state index contributed by atoms with van der Waals surface area (Å²) in [5, 5.41) is 9.43. The highest BCUT2D eigenvalue weighted by Gasteiger charge is 2.49. The van der Waals surface area contributed by atoms with E-state index in [4.69, 9.17) is 0 Å². The number of allylic oxidation sites excluding steroid dienone is 2. The van der Waals surface area contributed by atoms with Crippen LogP contribution in [-0.2, 0) is 9.59 Å². The Labute approximate surface area is 77.4 Å². The molecule has 0 fully saturated rings. The molecule has 0 amide bonds. The van der Waals surface area contributed by atoms with Gasteiger partial charge in [-0.1, -0.05) is 0 Å². The zero-order chi connectivity index (χ0) is 10.4. The van der Waals surface area contributed by atoms with Gasteiger partial charge in [-0.25, -0.2) is 0 Å². The van der Waals surface area contributed by atoms with Crippen molar-refractivity contribution in [1.29, 1.82) is 0 Å². The van der Waals surface area contributed by atoms with Crippen LogP contribution < -0.4 is 0 Å². The molecule has 1 aliphatic rings. The molecular formula is C10H14O3. The summed E-state index contributed by atoms with van der Waals surface area (Å²) >= 11 is 0. The summed E-state index contributed by atoms with van der Waals surface area (Å²) in [5.74, 6) is -0.693. The minimum Gasteiger partial charge on any atom is -0.511 e. The van der Waals surface area contributed by atoms with Crippen molar-refractivity contribution in [2.24, 2.45) is 10.8 Å². The van der Waals surface area contributed by atoms with Crippen LogP contribution in [0, 0.1) is 10.8 Å². The van der Waals surface area contributed by atoms with E-state index in [1.807, 2.05) is 0 Å². The zero-order valence-electron chi connectivity index (χ0n) is 8.34. The van der Waals surface area contributed by atoms with E-state index in [0.717, 1.165) is 6.08 Å². The van der Waals surface area contributed by atoms with Gasteiger partial charge in [0.1, 0.15) is 5.76 Å². The molecule has 3 heteroatoms. The van der Waals surface area contributed by atoms with Crippen LogP contribution in [0.5, 0.6) is 0 Å². The molecule has 0 aliphatic heterocycles. The number of carbonyl (C=O) groups is 2. The number of rotatable bonds is 0. The Balaban J connectivity index is 3.32. The van der Waals surface area contributed by atoms with Gasteiger partial charge in [0.05, 0.1) is 10.8 Å². The number of carbonyl (C=O) groups excluding carboxylic acids is 2. The number of ketones is 2. The largest absolute Gasteiger partial charge is 0.511 e. The van der Waals surface area contributed by atoms with Gasteiger partial charge in [0.25, 0.3) is 0 Å². The highest BCUT2D eigenvalue weighted by atomic mass is 16.3. The van der Waals surface area contributed by atoms with E-state index in [1.54, 1.807) is 27.7 Å². The lowest BCUT2D eigenvalue weighted by Gasteiger charge is -2.35. The Morgan fingerprint density at radius 1 is 1.08 bits per heavy atom. The van der Waals surface area contributed by atoms with Crippen LogP contribution in [0.2, 0.25) is 0 Å². The van der Waals surface area contributed by atoms with Crippen LogP contribution in [-0.4, -0.2) is 16.7 Å². The summed E-state index contributed by atoms with van der Waals surface area (Å²) in [6, 6.07) is 0. The normalized spacial score (nSPS) is 25.7. The van der Waals surface area contributed by atoms with Crippen molar-refractivity contribution < 1.29 is 14.7 Å². The molecule has 0 aromatic carbocycles. The van der Waals surface area contributed by atoms with Crippen molar-refractivity contribution in [3.63, 3.8) is 0 Å². The molecule has 0 saturated carbocycles. The molecule has 13 heavy (non-hydrogen) atoms. The topological polar surface area (TPSA) is 54.4 Å². The first kappa shape index (κ1) is 9.96. The van der Waals surface area contributed by atoms with Crippen LogP contribution in [0.4, 0.5) is 0 Å². The summed E-state index contributed by atoms with van der Waals surface area (Å²) in [6.07, 6.45) is 1.15. The average molecular weight is 182 g/mol. The number of aliphatic hydroxyl groups is 1. The molecular weight excluding hydrogens is 168 g/mol. The van der Waals surface area contributed by atoms with Crippen LogP contribution in [0.15, 0.2) is 11.8 Å². The molecule has 0 unspecified atom stereocenters. The van der Waals surface area contributed by atoms with Crippen molar-refractivity contribution in [3.8, 4) is 0 Å². The predicted molar refractivity (Wildman–Crippen MR) is 48.3 cm³/mol. The molecule has 1 N–H and O–H groups in total. The van der Waals surface area contributed by atoms with Crippen LogP contribution in [0.3, 0.4) is 0 Å². The quantitative estimate of drug-likeness (QED) is 0.579. The molecule has 1 aliphatic carbocycles. The van der Waals surface area contributed by atoms with E-state index in [-0.39, 0.29) is 17.3 Å².